The van der Waals surface area contributed by atoms with E-state index in [1.807, 2.05) is 79.1 Å². The van der Waals surface area contributed by atoms with E-state index in [1.165, 1.54) is 12.0 Å². The molecule has 1 aliphatic rings. The minimum atomic E-state index is -0.422. The number of amides is 2. The maximum absolute atomic E-state index is 13.3. The zero-order valence-electron chi connectivity index (χ0n) is 20.1. The van der Waals surface area contributed by atoms with Crippen LogP contribution in [0.1, 0.15) is 32.9 Å². The van der Waals surface area contributed by atoms with Crippen molar-refractivity contribution >= 4 is 45.7 Å². The average Bonchev–Trinajstić information content (AvgIpc) is 3.32. The smallest absolute Gasteiger partial charge is 0.339 e. The van der Waals surface area contributed by atoms with E-state index in [0.717, 1.165) is 45.0 Å². The van der Waals surface area contributed by atoms with Gasteiger partial charge in [0.15, 0.2) is 0 Å². The van der Waals surface area contributed by atoms with Crippen molar-refractivity contribution in [1.82, 2.24) is 9.47 Å². The summed E-state index contributed by atoms with van der Waals surface area (Å²) in [6.45, 7) is 4.08. The molecule has 36 heavy (non-hydrogen) atoms. The number of fused-ring (bicyclic) bond motifs is 1. The number of aryl methyl sites for hydroxylation is 1. The first-order valence-electron chi connectivity index (χ1n) is 11.5. The van der Waals surface area contributed by atoms with Gasteiger partial charge < -0.3 is 9.30 Å². The minimum Gasteiger partial charge on any atom is -0.465 e. The highest BCUT2D eigenvalue weighted by Crippen LogP contribution is 2.35. The van der Waals surface area contributed by atoms with Crippen LogP contribution >= 0.6 is 11.8 Å². The molecule has 5 rings (SSSR count). The number of imide groups is 1. The number of ether oxygens (including phenoxy) is 1. The van der Waals surface area contributed by atoms with Gasteiger partial charge in [0.25, 0.3) is 11.1 Å². The number of carbonyl (C=O) groups is 3. The topological polar surface area (TPSA) is 68.6 Å². The van der Waals surface area contributed by atoms with Crippen LogP contribution in [0.2, 0.25) is 0 Å². The van der Waals surface area contributed by atoms with Gasteiger partial charge in [-0.25, -0.2) is 4.79 Å². The highest BCUT2D eigenvalue weighted by molar-refractivity contribution is 8.18. The van der Waals surface area contributed by atoms with Crippen molar-refractivity contribution in [2.45, 2.75) is 20.4 Å². The Hall–Kier alpha value is -4.10. The molecule has 2 amide bonds. The normalized spacial score (nSPS) is 14.8. The third-order valence-corrected chi connectivity index (χ3v) is 7.30. The molecule has 1 saturated heterocycles. The summed E-state index contributed by atoms with van der Waals surface area (Å²) in [5.41, 5.74) is 4.62. The SMILES string of the molecule is COC(=O)c1ccccc1-n1c(C)cc(/C=C2/SC(=O)N(Cc3cccc4ccccc34)C2=O)c1C. The van der Waals surface area contributed by atoms with Crippen LogP contribution in [0.4, 0.5) is 4.79 Å². The van der Waals surface area contributed by atoms with E-state index in [1.54, 1.807) is 18.2 Å². The number of thioether (sulfide) groups is 1. The molecule has 2 heterocycles. The fourth-order valence-corrected chi connectivity index (χ4v) is 5.46. The number of nitrogens with zero attached hydrogens (tertiary/aromatic N) is 2. The highest BCUT2D eigenvalue weighted by Gasteiger charge is 2.35. The lowest BCUT2D eigenvalue weighted by atomic mass is 10.0. The molecular weight excluding hydrogens is 472 g/mol. The van der Waals surface area contributed by atoms with Crippen molar-refractivity contribution in [3.05, 3.63) is 106 Å². The van der Waals surface area contributed by atoms with Gasteiger partial charge in [-0.15, -0.1) is 0 Å². The van der Waals surface area contributed by atoms with Crippen molar-refractivity contribution in [3.63, 3.8) is 0 Å². The first-order valence-corrected chi connectivity index (χ1v) is 12.3. The Morgan fingerprint density at radius 2 is 1.69 bits per heavy atom. The van der Waals surface area contributed by atoms with E-state index in [9.17, 15) is 14.4 Å². The Morgan fingerprint density at radius 3 is 2.50 bits per heavy atom. The monoisotopic (exact) mass is 496 g/mol. The summed E-state index contributed by atoms with van der Waals surface area (Å²) >= 11 is 0.948. The van der Waals surface area contributed by atoms with Gasteiger partial charge >= 0.3 is 5.97 Å². The van der Waals surface area contributed by atoms with Crippen LogP contribution in [0.5, 0.6) is 0 Å². The Morgan fingerprint density at radius 1 is 0.972 bits per heavy atom. The van der Waals surface area contributed by atoms with Gasteiger partial charge in [-0.05, 0) is 71.8 Å². The fraction of sp³-hybridized carbons (Fsp3) is 0.138. The lowest BCUT2D eigenvalue weighted by molar-refractivity contribution is -0.123. The van der Waals surface area contributed by atoms with E-state index in [4.69, 9.17) is 4.74 Å². The molecule has 0 aliphatic carbocycles. The lowest BCUT2D eigenvalue weighted by Crippen LogP contribution is -2.27. The average molecular weight is 497 g/mol. The van der Waals surface area contributed by atoms with Crippen molar-refractivity contribution in [3.8, 4) is 5.69 Å². The van der Waals surface area contributed by atoms with E-state index >= 15 is 0 Å². The highest BCUT2D eigenvalue weighted by atomic mass is 32.2. The largest absolute Gasteiger partial charge is 0.465 e. The molecular formula is C29H24N2O4S. The molecule has 4 aromatic rings. The predicted molar refractivity (Wildman–Crippen MR) is 142 cm³/mol. The first-order chi connectivity index (χ1) is 17.4. The zero-order chi connectivity index (χ0) is 25.4. The molecule has 0 bridgehead atoms. The second kappa shape index (κ2) is 9.51. The maximum atomic E-state index is 13.3. The number of para-hydroxylation sites is 1. The molecule has 180 valence electrons. The second-order valence-corrected chi connectivity index (χ2v) is 9.57. The van der Waals surface area contributed by atoms with Crippen LogP contribution in [-0.2, 0) is 16.1 Å². The van der Waals surface area contributed by atoms with E-state index in [2.05, 4.69) is 0 Å². The number of methoxy groups -OCH3 is 1. The van der Waals surface area contributed by atoms with Gasteiger partial charge in [-0.1, -0.05) is 54.6 Å². The van der Waals surface area contributed by atoms with Crippen LogP contribution in [-0.4, -0.2) is 33.7 Å². The molecule has 1 fully saturated rings. The third-order valence-electron chi connectivity index (χ3n) is 6.39. The molecule has 0 radical (unpaired) electrons. The summed E-state index contributed by atoms with van der Waals surface area (Å²) in [5, 5.41) is 1.80. The predicted octanol–water partition coefficient (Wildman–Crippen LogP) is 6.27. The molecule has 0 saturated carbocycles. The summed E-state index contributed by atoms with van der Waals surface area (Å²) in [5.74, 6) is -0.730. The first kappa shape index (κ1) is 23.6. The summed E-state index contributed by atoms with van der Waals surface area (Å²) in [6.07, 6.45) is 1.76. The standard InChI is InChI=1S/C29H24N2O4S/c1-18-15-22(19(2)31(18)25-14-7-6-13-24(25)28(33)35-3)16-26-27(32)30(29(34)36-26)17-21-11-8-10-20-9-4-5-12-23(20)21/h4-16H,17H2,1-3H3/b26-16+. The number of benzene rings is 3. The Bertz CT molecular complexity index is 1560. The lowest BCUT2D eigenvalue weighted by Gasteiger charge is -2.14. The molecule has 0 unspecified atom stereocenters. The van der Waals surface area contributed by atoms with Crippen LogP contribution in [0, 0.1) is 13.8 Å². The fourth-order valence-electron chi connectivity index (χ4n) is 4.63. The van der Waals surface area contributed by atoms with Gasteiger partial charge in [0, 0.05) is 11.4 Å². The molecule has 6 nitrogen and oxygen atoms in total. The van der Waals surface area contributed by atoms with Crippen LogP contribution < -0.4 is 0 Å². The molecule has 3 aromatic carbocycles. The van der Waals surface area contributed by atoms with Crippen LogP contribution in [0.3, 0.4) is 0 Å². The summed E-state index contributed by atoms with van der Waals surface area (Å²) in [6, 6.07) is 23.0. The molecule has 1 aliphatic heterocycles. The molecule has 7 heteroatoms. The van der Waals surface area contributed by atoms with Gasteiger partial charge in [-0.3, -0.25) is 14.5 Å². The number of rotatable bonds is 5. The molecule has 0 atom stereocenters. The second-order valence-electron chi connectivity index (χ2n) is 8.58. The van der Waals surface area contributed by atoms with Gasteiger partial charge in [-0.2, -0.15) is 0 Å². The maximum Gasteiger partial charge on any atom is 0.339 e. The molecule has 1 aromatic heterocycles. The van der Waals surface area contributed by atoms with E-state index in [-0.39, 0.29) is 17.7 Å². The summed E-state index contributed by atoms with van der Waals surface area (Å²) in [4.78, 5) is 40.1. The number of hydrogen-bond acceptors (Lipinski definition) is 5. The van der Waals surface area contributed by atoms with E-state index < -0.39 is 5.97 Å². The van der Waals surface area contributed by atoms with E-state index in [0.29, 0.717) is 16.2 Å². The Kier molecular flexibility index (Phi) is 6.24. The van der Waals surface area contributed by atoms with Crippen molar-refractivity contribution in [2.75, 3.05) is 7.11 Å². The van der Waals surface area contributed by atoms with Crippen molar-refractivity contribution in [2.24, 2.45) is 0 Å². The summed E-state index contributed by atoms with van der Waals surface area (Å²) in [7, 11) is 1.36. The van der Waals surface area contributed by atoms with Gasteiger partial charge in [0.05, 0.1) is 29.8 Å². The number of hydrogen-bond donors (Lipinski definition) is 0. The Balaban J connectivity index is 1.47. The minimum absolute atomic E-state index is 0.217. The summed E-state index contributed by atoms with van der Waals surface area (Å²) < 4.78 is 6.91. The van der Waals surface area contributed by atoms with Crippen LogP contribution in [0.25, 0.3) is 22.5 Å². The van der Waals surface area contributed by atoms with Gasteiger partial charge in [0.1, 0.15) is 0 Å². The van der Waals surface area contributed by atoms with Crippen molar-refractivity contribution in [1.29, 1.82) is 0 Å². The van der Waals surface area contributed by atoms with Gasteiger partial charge in [0.2, 0.25) is 0 Å². The quantitative estimate of drug-likeness (QED) is 0.241. The van der Waals surface area contributed by atoms with Crippen molar-refractivity contribution < 1.29 is 19.1 Å². The van der Waals surface area contributed by atoms with Crippen LogP contribution in [0.15, 0.2) is 77.7 Å². The number of carbonyl (C=O) groups excluding carboxylic acids is 3. The molecule has 0 N–H and O–H groups in total. The number of esters is 1. The Labute approximate surface area is 213 Å². The third kappa shape index (κ3) is 4.12. The number of aromatic nitrogens is 1. The zero-order valence-corrected chi connectivity index (χ0v) is 21.0. The molecule has 0 spiro atoms.